The van der Waals surface area contributed by atoms with E-state index in [0.717, 1.165) is 59.4 Å². The quantitative estimate of drug-likeness (QED) is 0.409. The molecule has 0 amide bonds. The number of carbonyl (C=O) groups excluding carboxylic acids is 1. The van der Waals surface area contributed by atoms with E-state index in [0.29, 0.717) is 29.8 Å². The second-order valence-electron chi connectivity index (χ2n) is 12.3. The van der Waals surface area contributed by atoms with Crippen LogP contribution in [0.2, 0.25) is 0 Å². The lowest BCUT2D eigenvalue weighted by Gasteiger charge is -2.59. The van der Waals surface area contributed by atoms with E-state index in [-0.39, 0.29) is 22.7 Å². The van der Waals surface area contributed by atoms with Gasteiger partial charge in [-0.25, -0.2) is 4.98 Å². The Bertz CT molecular complexity index is 1410. The number of Topliss-reactive ketones (excluding diaryl/α,β-unsaturated/α-hetero) is 1. The number of aromatic nitrogens is 2. The standard InChI is InChI=1S/C31H34N2O3S/c1-30-14-19-16-32-36-27(19)13-20(30)8-9-21-22-10-11-23(31(22,2)15-25(34)29(21)30)26(35)17-37-28-12-7-18-5-3-4-6-24(18)33-28/h3-7,12-13,16,21-23,25,29,34H,8-11,14-15,17H2,1-2H3/t21?,22?,23-,25+,29?,30+,31+/m1/s1. The van der Waals surface area contributed by atoms with Crippen molar-refractivity contribution in [3.8, 4) is 0 Å². The predicted octanol–water partition coefficient (Wildman–Crippen LogP) is 6.35. The zero-order valence-corrected chi connectivity index (χ0v) is 22.3. The summed E-state index contributed by atoms with van der Waals surface area (Å²) in [6.45, 7) is 4.65. The van der Waals surface area contributed by atoms with E-state index >= 15 is 0 Å². The van der Waals surface area contributed by atoms with E-state index in [2.05, 4.69) is 37.2 Å². The number of hydrogen-bond donors (Lipinski definition) is 1. The van der Waals surface area contributed by atoms with Gasteiger partial charge in [0.25, 0.3) is 0 Å². The van der Waals surface area contributed by atoms with Crippen LogP contribution in [0.5, 0.6) is 0 Å². The fraction of sp³-hybridized carbons (Fsp3) is 0.516. The van der Waals surface area contributed by atoms with Crippen molar-refractivity contribution in [2.24, 2.45) is 34.5 Å². The van der Waals surface area contributed by atoms with Gasteiger partial charge in [0, 0.05) is 16.9 Å². The van der Waals surface area contributed by atoms with Crippen LogP contribution in [0, 0.1) is 34.5 Å². The zero-order chi connectivity index (χ0) is 25.4. The smallest absolute Gasteiger partial charge is 0.162 e. The van der Waals surface area contributed by atoms with Gasteiger partial charge >= 0.3 is 0 Å². The molecule has 3 fully saturated rings. The summed E-state index contributed by atoms with van der Waals surface area (Å²) in [5.74, 6) is 2.84. The molecule has 4 aliphatic carbocycles. The molecule has 3 unspecified atom stereocenters. The molecular formula is C31H34N2O3S. The molecule has 0 spiro atoms. The van der Waals surface area contributed by atoms with Gasteiger partial charge in [-0.1, -0.05) is 60.6 Å². The van der Waals surface area contributed by atoms with E-state index < -0.39 is 6.10 Å². The summed E-state index contributed by atoms with van der Waals surface area (Å²) in [4.78, 5) is 18.4. The minimum absolute atomic E-state index is 0.0156. The minimum Gasteiger partial charge on any atom is -0.393 e. The Hall–Kier alpha value is -2.44. The fourth-order valence-electron chi connectivity index (χ4n) is 8.92. The molecule has 7 rings (SSSR count). The lowest BCUT2D eigenvalue weighted by Crippen LogP contribution is -2.57. The third-order valence-corrected chi connectivity index (χ3v) is 11.5. The molecule has 0 saturated heterocycles. The number of fused-ring (bicyclic) bond motifs is 7. The van der Waals surface area contributed by atoms with Crippen molar-refractivity contribution in [3.05, 3.63) is 59.5 Å². The van der Waals surface area contributed by atoms with Crippen molar-refractivity contribution < 1.29 is 14.4 Å². The molecule has 0 aliphatic heterocycles. The number of rotatable bonds is 4. The molecule has 1 N–H and O–H groups in total. The van der Waals surface area contributed by atoms with Crippen LogP contribution in [0.15, 0.2) is 57.7 Å². The van der Waals surface area contributed by atoms with Gasteiger partial charge < -0.3 is 9.63 Å². The molecule has 5 nitrogen and oxygen atoms in total. The van der Waals surface area contributed by atoms with Crippen LogP contribution in [0.3, 0.4) is 0 Å². The SMILES string of the molecule is C[C@]12Cc3cnoc3C=C1CCC1C2[C@@H](O)C[C@@]2(C)C1CC[C@@H]2C(=O)CSc1ccc2ccccc2n1. The summed E-state index contributed by atoms with van der Waals surface area (Å²) in [6.07, 6.45) is 9.41. The molecule has 1 aromatic carbocycles. The van der Waals surface area contributed by atoms with Gasteiger partial charge in [0.2, 0.25) is 0 Å². The molecule has 37 heavy (non-hydrogen) atoms. The summed E-state index contributed by atoms with van der Waals surface area (Å²) in [5.41, 5.74) is 3.33. The van der Waals surface area contributed by atoms with E-state index in [9.17, 15) is 9.90 Å². The maximum Gasteiger partial charge on any atom is 0.162 e. The Kier molecular flexibility index (Phi) is 5.46. The van der Waals surface area contributed by atoms with Crippen molar-refractivity contribution >= 4 is 34.5 Å². The van der Waals surface area contributed by atoms with Gasteiger partial charge in [-0.2, -0.15) is 0 Å². The highest BCUT2D eigenvalue weighted by Gasteiger charge is 2.63. The molecule has 3 saturated carbocycles. The molecule has 192 valence electrons. The molecule has 0 radical (unpaired) electrons. The average molecular weight is 515 g/mol. The normalized spacial score (nSPS) is 36.3. The number of carbonyl (C=O) groups is 1. The number of aliphatic hydroxyl groups excluding tert-OH is 1. The first-order valence-corrected chi connectivity index (χ1v) is 14.7. The first-order chi connectivity index (χ1) is 17.9. The summed E-state index contributed by atoms with van der Waals surface area (Å²) in [7, 11) is 0. The van der Waals surface area contributed by atoms with Crippen LogP contribution in [-0.2, 0) is 11.2 Å². The van der Waals surface area contributed by atoms with Gasteiger partial charge in [0.1, 0.15) is 5.78 Å². The number of para-hydroxylation sites is 1. The first-order valence-electron chi connectivity index (χ1n) is 13.7. The summed E-state index contributed by atoms with van der Waals surface area (Å²) in [5, 5.41) is 17.8. The van der Waals surface area contributed by atoms with Crippen LogP contribution in [0.25, 0.3) is 17.0 Å². The molecule has 6 heteroatoms. The van der Waals surface area contributed by atoms with Gasteiger partial charge in [-0.05, 0) is 85.3 Å². The molecular weight excluding hydrogens is 480 g/mol. The predicted molar refractivity (Wildman–Crippen MR) is 145 cm³/mol. The van der Waals surface area contributed by atoms with Crippen molar-refractivity contribution in [3.63, 3.8) is 0 Å². The van der Waals surface area contributed by atoms with Gasteiger partial charge in [-0.3, -0.25) is 4.79 Å². The lowest BCUT2D eigenvalue weighted by atomic mass is 9.46. The van der Waals surface area contributed by atoms with Crippen molar-refractivity contribution in [2.75, 3.05) is 5.75 Å². The third kappa shape index (κ3) is 3.59. The molecule has 2 aromatic heterocycles. The van der Waals surface area contributed by atoms with Gasteiger partial charge in [0.05, 0.1) is 28.6 Å². The maximum absolute atomic E-state index is 13.7. The number of ketones is 1. The van der Waals surface area contributed by atoms with E-state index in [1.807, 2.05) is 30.5 Å². The van der Waals surface area contributed by atoms with Crippen molar-refractivity contribution in [1.82, 2.24) is 10.1 Å². The lowest BCUT2D eigenvalue weighted by molar-refractivity contribution is -0.140. The highest BCUT2D eigenvalue weighted by molar-refractivity contribution is 7.99. The number of nitrogens with zero attached hydrogens (tertiary/aromatic N) is 2. The minimum atomic E-state index is -0.399. The highest BCUT2D eigenvalue weighted by atomic mass is 32.2. The van der Waals surface area contributed by atoms with Crippen molar-refractivity contribution in [1.29, 1.82) is 0 Å². The highest BCUT2D eigenvalue weighted by Crippen LogP contribution is 2.66. The Morgan fingerprint density at radius 2 is 2.03 bits per heavy atom. The molecule has 4 aliphatic rings. The number of hydrogen-bond acceptors (Lipinski definition) is 6. The second-order valence-corrected chi connectivity index (χ2v) is 13.3. The molecule has 3 aromatic rings. The zero-order valence-electron chi connectivity index (χ0n) is 21.5. The van der Waals surface area contributed by atoms with Crippen LogP contribution in [0.4, 0.5) is 0 Å². The molecule has 0 bridgehead atoms. The maximum atomic E-state index is 13.7. The number of aliphatic hydroxyl groups is 1. The average Bonchev–Trinajstić information content (AvgIpc) is 3.48. The Morgan fingerprint density at radius 3 is 2.92 bits per heavy atom. The fourth-order valence-corrected chi connectivity index (χ4v) is 9.74. The van der Waals surface area contributed by atoms with Crippen LogP contribution in [0.1, 0.15) is 57.3 Å². The number of benzene rings is 1. The largest absolute Gasteiger partial charge is 0.393 e. The van der Waals surface area contributed by atoms with E-state index in [1.54, 1.807) is 11.8 Å². The molecule has 7 atom stereocenters. The Balaban J connectivity index is 1.10. The summed E-state index contributed by atoms with van der Waals surface area (Å²) >= 11 is 1.56. The van der Waals surface area contributed by atoms with Crippen LogP contribution < -0.4 is 0 Å². The summed E-state index contributed by atoms with van der Waals surface area (Å²) < 4.78 is 5.48. The summed E-state index contributed by atoms with van der Waals surface area (Å²) in [6, 6.07) is 12.2. The van der Waals surface area contributed by atoms with Crippen LogP contribution in [-0.4, -0.2) is 32.9 Å². The second kappa shape index (κ2) is 8.54. The van der Waals surface area contributed by atoms with E-state index in [1.165, 1.54) is 5.57 Å². The number of thioether (sulfide) groups is 1. The first kappa shape index (κ1) is 23.7. The van der Waals surface area contributed by atoms with Gasteiger partial charge in [0.15, 0.2) is 5.76 Å². The van der Waals surface area contributed by atoms with Crippen molar-refractivity contribution in [2.45, 2.75) is 63.5 Å². The molecule has 2 heterocycles. The Labute approximate surface area is 222 Å². The Morgan fingerprint density at radius 1 is 1.16 bits per heavy atom. The van der Waals surface area contributed by atoms with Crippen LogP contribution >= 0.6 is 11.8 Å². The van der Waals surface area contributed by atoms with Gasteiger partial charge in [-0.15, -0.1) is 0 Å². The van der Waals surface area contributed by atoms with E-state index in [4.69, 9.17) is 9.51 Å². The monoisotopic (exact) mass is 514 g/mol. The number of allylic oxidation sites excluding steroid dienone is 1. The number of pyridine rings is 1. The third-order valence-electron chi connectivity index (χ3n) is 10.5. The topological polar surface area (TPSA) is 76.2 Å².